The van der Waals surface area contributed by atoms with Gasteiger partial charge in [-0.2, -0.15) is 0 Å². The van der Waals surface area contributed by atoms with Gasteiger partial charge in [-0.05, 0) is 50.2 Å². The van der Waals surface area contributed by atoms with Crippen molar-refractivity contribution < 1.29 is 33.4 Å². The predicted molar refractivity (Wildman–Crippen MR) is 108 cm³/mol. The lowest BCUT2D eigenvalue weighted by molar-refractivity contribution is -0.150. The van der Waals surface area contributed by atoms with Crippen LogP contribution in [0.1, 0.15) is 44.9 Å². The Bertz CT molecular complexity index is 1010. The number of nitrogens with one attached hydrogen (secondary N) is 1. The van der Waals surface area contributed by atoms with Crippen LogP contribution in [0.3, 0.4) is 0 Å². The fraction of sp³-hybridized carbons (Fsp3) is 0.227. The summed E-state index contributed by atoms with van der Waals surface area (Å²) >= 11 is 0. The van der Waals surface area contributed by atoms with Crippen LogP contribution in [0.25, 0.3) is 0 Å². The summed E-state index contributed by atoms with van der Waals surface area (Å²) in [5, 5.41) is 2.52. The Hall–Kier alpha value is -4.01. The van der Waals surface area contributed by atoms with E-state index in [4.69, 9.17) is 9.47 Å². The van der Waals surface area contributed by atoms with Gasteiger partial charge in [0, 0.05) is 5.69 Å². The van der Waals surface area contributed by atoms with Crippen LogP contribution in [0.5, 0.6) is 0 Å². The minimum Gasteiger partial charge on any atom is -0.462 e. The van der Waals surface area contributed by atoms with E-state index >= 15 is 0 Å². The number of ether oxygens (including phenoxy) is 2. The molecule has 1 N–H and O–H groups in total. The third-order valence-corrected chi connectivity index (χ3v) is 4.58. The van der Waals surface area contributed by atoms with Crippen molar-refractivity contribution in [3.63, 3.8) is 0 Å². The van der Waals surface area contributed by atoms with E-state index in [1.807, 2.05) is 0 Å². The summed E-state index contributed by atoms with van der Waals surface area (Å²) in [6, 6.07) is 11.1. The van der Waals surface area contributed by atoms with Crippen LogP contribution in [0.2, 0.25) is 0 Å². The molecule has 31 heavy (non-hydrogen) atoms. The molecule has 1 heterocycles. The maximum atomic E-state index is 12.4. The summed E-state index contributed by atoms with van der Waals surface area (Å²) in [5.74, 6) is -3.15. The van der Waals surface area contributed by atoms with E-state index in [1.54, 1.807) is 19.1 Å². The first-order chi connectivity index (χ1) is 14.8. The number of carbonyl (C=O) groups excluding carboxylic acids is 5. The Morgan fingerprint density at radius 1 is 0.935 bits per heavy atom. The lowest BCUT2D eigenvalue weighted by atomic mass is 10.1. The molecular weight excluding hydrogens is 404 g/mol. The number of anilines is 1. The summed E-state index contributed by atoms with van der Waals surface area (Å²) in [7, 11) is 0. The van der Waals surface area contributed by atoms with Gasteiger partial charge in [0.2, 0.25) is 0 Å². The zero-order valence-electron chi connectivity index (χ0n) is 16.9. The van der Waals surface area contributed by atoms with Crippen molar-refractivity contribution in [2.45, 2.75) is 19.9 Å². The van der Waals surface area contributed by atoms with Crippen LogP contribution in [0, 0.1) is 0 Å². The zero-order chi connectivity index (χ0) is 22.5. The van der Waals surface area contributed by atoms with Gasteiger partial charge in [0.15, 0.2) is 6.61 Å². The molecule has 1 aliphatic heterocycles. The molecule has 0 radical (unpaired) electrons. The van der Waals surface area contributed by atoms with Crippen LogP contribution in [0.15, 0.2) is 48.5 Å². The van der Waals surface area contributed by atoms with Crippen molar-refractivity contribution in [2.24, 2.45) is 0 Å². The molecule has 3 rings (SSSR count). The number of fused-ring (bicyclic) bond motifs is 1. The molecule has 3 amide bonds. The molecule has 0 bridgehead atoms. The summed E-state index contributed by atoms with van der Waals surface area (Å²) in [4.78, 5) is 61.7. The van der Waals surface area contributed by atoms with E-state index in [1.165, 1.54) is 43.3 Å². The van der Waals surface area contributed by atoms with Gasteiger partial charge >= 0.3 is 11.9 Å². The molecule has 2 aromatic carbocycles. The second kappa shape index (κ2) is 9.21. The predicted octanol–water partition coefficient (Wildman–Crippen LogP) is 2.03. The molecular formula is C22H20N2O7. The highest BCUT2D eigenvalue weighted by Crippen LogP contribution is 2.24. The molecule has 0 unspecified atom stereocenters. The van der Waals surface area contributed by atoms with Gasteiger partial charge in [-0.1, -0.05) is 12.1 Å². The number of nitrogens with zero attached hydrogens (tertiary/aromatic N) is 1. The number of benzene rings is 2. The van der Waals surface area contributed by atoms with Crippen molar-refractivity contribution in [2.75, 3.05) is 18.5 Å². The third-order valence-electron chi connectivity index (χ3n) is 4.58. The van der Waals surface area contributed by atoms with E-state index in [-0.39, 0.29) is 17.7 Å². The molecule has 0 aromatic heterocycles. The second-order valence-corrected chi connectivity index (χ2v) is 6.66. The minimum absolute atomic E-state index is 0.219. The average molecular weight is 424 g/mol. The highest BCUT2D eigenvalue weighted by molar-refractivity contribution is 6.22. The van der Waals surface area contributed by atoms with Crippen LogP contribution in [-0.2, 0) is 19.1 Å². The molecule has 2 aromatic rings. The smallest absolute Gasteiger partial charge is 0.338 e. The lowest BCUT2D eigenvalue weighted by Crippen LogP contribution is -2.44. The van der Waals surface area contributed by atoms with E-state index in [2.05, 4.69) is 5.32 Å². The van der Waals surface area contributed by atoms with Crippen molar-refractivity contribution in [1.82, 2.24) is 4.90 Å². The van der Waals surface area contributed by atoms with Crippen LogP contribution in [-0.4, -0.2) is 53.8 Å². The van der Waals surface area contributed by atoms with Crippen LogP contribution >= 0.6 is 0 Å². The van der Waals surface area contributed by atoms with Gasteiger partial charge < -0.3 is 14.8 Å². The van der Waals surface area contributed by atoms with E-state index in [0.29, 0.717) is 11.3 Å². The van der Waals surface area contributed by atoms with Gasteiger partial charge in [0.05, 0.1) is 23.3 Å². The zero-order valence-corrected chi connectivity index (χ0v) is 16.9. The third kappa shape index (κ3) is 4.61. The SMILES string of the molecule is CCOC(=O)c1ccc(NC(=O)COC(=O)[C@@H](C)N2C(=O)c3ccccc3C2=O)cc1. The Kier molecular flexibility index (Phi) is 6.44. The standard InChI is InChI=1S/C22H20N2O7/c1-3-30-22(29)14-8-10-15(11-9-14)23-18(25)12-31-21(28)13(2)24-19(26)16-6-4-5-7-17(16)20(24)27/h4-11,13H,3,12H2,1-2H3,(H,23,25)/t13-/m1/s1. The van der Waals surface area contributed by atoms with Crippen molar-refractivity contribution in [1.29, 1.82) is 0 Å². The normalized spacial score (nSPS) is 13.4. The van der Waals surface area contributed by atoms with Crippen LogP contribution < -0.4 is 5.32 Å². The highest BCUT2D eigenvalue weighted by atomic mass is 16.5. The Morgan fingerprint density at radius 3 is 2.06 bits per heavy atom. The van der Waals surface area contributed by atoms with E-state index in [9.17, 15) is 24.0 Å². The lowest BCUT2D eigenvalue weighted by Gasteiger charge is -2.20. The highest BCUT2D eigenvalue weighted by Gasteiger charge is 2.41. The number of hydrogen-bond acceptors (Lipinski definition) is 7. The molecule has 0 saturated carbocycles. The average Bonchev–Trinajstić information content (AvgIpc) is 3.02. The van der Waals surface area contributed by atoms with Crippen molar-refractivity contribution in [3.05, 3.63) is 65.2 Å². The Morgan fingerprint density at radius 2 is 1.52 bits per heavy atom. The number of carbonyl (C=O) groups is 5. The molecule has 0 aliphatic carbocycles. The van der Waals surface area contributed by atoms with Crippen molar-refractivity contribution in [3.8, 4) is 0 Å². The van der Waals surface area contributed by atoms with Gasteiger partial charge in [0.1, 0.15) is 6.04 Å². The number of hydrogen-bond donors (Lipinski definition) is 1. The molecule has 9 heteroatoms. The van der Waals surface area contributed by atoms with Gasteiger partial charge in [-0.3, -0.25) is 19.3 Å². The summed E-state index contributed by atoms with van der Waals surface area (Å²) < 4.78 is 9.85. The quantitative estimate of drug-likeness (QED) is 0.533. The monoisotopic (exact) mass is 424 g/mol. The molecule has 160 valence electrons. The number of imide groups is 1. The Labute approximate surface area is 177 Å². The van der Waals surface area contributed by atoms with Crippen LogP contribution in [0.4, 0.5) is 5.69 Å². The maximum absolute atomic E-state index is 12.4. The summed E-state index contributed by atoms with van der Waals surface area (Å²) in [6.07, 6.45) is 0. The van der Waals surface area contributed by atoms with Gasteiger partial charge in [-0.25, -0.2) is 9.59 Å². The number of esters is 2. The minimum atomic E-state index is -1.19. The first-order valence-electron chi connectivity index (χ1n) is 9.54. The number of amides is 3. The number of rotatable bonds is 7. The molecule has 9 nitrogen and oxygen atoms in total. The topological polar surface area (TPSA) is 119 Å². The molecule has 0 saturated heterocycles. The summed E-state index contributed by atoms with van der Waals surface area (Å²) in [5.41, 5.74) is 1.16. The molecule has 1 atom stereocenters. The van der Waals surface area contributed by atoms with E-state index < -0.39 is 42.3 Å². The second-order valence-electron chi connectivity index (χ2n) is 6.66. The maximum Gasteiger partial charge on any atom is 0.338 e. The molecule has 1 aliphatic rings. The van der Waals surface area contributed by atoms with E-state index in [0.717, 1.165) is 4.90 Å². The first-order valence-corrected chi connectivity index (χ1v) is 9.54. The Balaban J connectivity index is 1.53. The fourth-order valence-corrected chi connectivity index (χ4v) is 3.02. The van der Waals surface area contributed by atoms with Gasteiger partial charge in [0.25, 0.3) is 17.7 Å². The van der Waals surface area contributed by atoms with Gasteiger partial charge in [-0.15, -0.1) is 0 Å². The molecule has 0 fully saturated rings. The fourth-order valence-electron chi connectivity index (χ4n) is 3.02. The largest absolute Gasteiger partial charge is 0.462 e. The van der Waals surface area contributed by atoms with Crippen molar-refractivity contribution >= 4 is 35.3 Å². The summed E-state index contributed by atoms with van der Waals surface area (Å²) in [6.45, 7) is 2.70. The first kappa shape index (κ1) is 21.7. The molecule has 0 spiro atoms.